The summed E-state index contributed by atoms with van der Waals surface area (Å²) in [6.07, 6.45) is 0. The van der Waals surface area contributed by atoms with Gasteiger partial charge in [0.15, 0.2) is 11.0 Å². The molecule has 0 radical (unpaired) electrons. The highest BCUT2D eigenvalue weighted by Gasteiger charge is 2.13. The molecule has 1 atom stereocenters. The van der Waals surface area contributed by atoms with Crippen LogP contribution in [0.2, 0.25) is 0 Å². The van der Waals surface area contributed by atoms with Crippen LogP contribution in [-0.2, 0) is 11.0 Å². The van der Waals surface area contributed by atoms with Crippen molar-refractivity contribution in [3.05, 3.63) is 47.8 Å². The van der Waals surface area contributed by atoms with E-state index < -0.39 is 22.8 Å². The lowest BCUT2D eigenvalue weighted by Gasteiger charge is -2.10. The lowest BCUT2D eigenvalue weighted by molar-refractivity contribution is 0.0697. The van der Waals surface area contributed by atoms with E-state index in [0.29, 0.717) is 5.69 Å². The number of hydrogen-bond donors (Lipinski definition) is 4. The van der Waals surface area contributed by atoms with Crippen LogP contribution in [0, 0.1) is 5.82 Å². The minimum absolute atomic E-state index is 0.0945. The number of rotatable bonds is 4. The lowest BCUT2D eigenvalue weighted by Crippen LogP contribution is -2.10. The highest BCUT2D eigenvalue weighted by atomic mass is 32.2. The zero-order valence-corrected chi connectivity index (χ0v) is 11.5. The average Bonchev–Trinajstić information content (AvgIpc) is 2.45. The molecule has 0 saturated heterocycles. The molecule has 0 aliphatic heterocycles. The molecule has 0 heterocycles. The molecule has 2 aromatic rings. The maximum absolute atomic E-state index is 13.2. The normalized spacial score (nSPS) is 11.9. The van der Waals surface area contributed by atoms with Crippen molar-refractivity contribution >= 4 is 34.0 Å². The largest absolute Gasteiger partial charge is 0.478 e. The number of halogens is 1. The summed E-state index contributed by atoms with van der Waals surface area (Å²) in [7, 11) is -1.75. The molecule has 0 amide bonds. The van der Waals surface area contributed by atoms with Crippen molar-refractivity contribution < 1.29 is 18.5 Å². The molecule has 6 N–H and O–H groups in total. The van der Waals surface area contributed by atoms with Gasteiger partial charge in [-0.2, -0.15) is 0 Å². The van der Waals surface area contributed by atoms with E-state index in [4.69, 9.17) is 16.6 Å². The van der Waals surface area contributed by atoms with Crippen LogP contribution in [0.1, 0.15) is 10.4 Å². The number of carboxylic acid groups (broad SMARTS) is 1. The van der Waals surface area contributed by atoms with Gasteiger partial charge in [0, 0.05) is 5.69 Å². The van der Waals surface area contributed by atoms with E-state index in [1.54, 1.807) is 0 Å². The minimum atomic E-state index is -1.75. The Morgan fingerprint density at radius 3 is 2.29 bits per heavy atom. The molecule has 2 rings (SSSR count). The Kier molecular flexibility index (Phi) is 4.08. The van der Waals surface area contributed by atoms with Crippen molar-refractivity contribution in [2.24, 2.45) is 0 Å². The summed E-state index contributed by atoms with van der Waals surface area (Å²) >= 11 is 0. The molecule has 2 aromatic carbocycles. The topological polar surface area (TPSA) is 118 Å². The third-order valence-electron chi connectivity index (χ3n) is 2.74. The molecule has 6 nitrogen and oxygen atoms in total. The lowest BCUT2D eigenvalue weighted by atomic mass is 10.2. The van der Waals surface area contributed by atoms with Crippen LogP contribution in [0.15, 0.2) is 41.3 Å². The number of nitrogens with one attached hydrogen (secondary N) is 1. The summed E-state index contributed by atoms with van der Waals surface area (Å²) in [5, 5.41) is 8.78. The molecule has 0 aromatic heterocycles. The molecular formula is C13H12FN3O3S. The van der Waals surface area contributed by atoms with Gasteiger partial charge >= 0.3 is 5.97 Å². The Balaban J connectivity index is 2.22. The zero-order chi connectivity index (χ0) is 15.6. The van der Waals surface area contributed by atoms with Crippen molar-refractivity contribution in [1.29, 1.82) is 0 Å². The fourth-order valence-electron chi connectivity index (χ4n) is 1.59. The molecule has 0 aliphatic carbocycles. The first-order valence-corrected chi connectivity index (χ1v) is 6.90. The second-order valence-corrected chi connectivity index (χ2v) is 5.31. The molecule has 0 aliphatic rings. The average molecular weight is 309 g/mol. The first-order valence-electron chi connectivity index (χ1n) is 5.75. The maximum Gasteiger partial charge on any atom is 0.335 e. The number of benzene rings is 2. The summed E-state index contributed by atoms with van der Waals surface area (Å²) in [6.45, 7) is 0. The molecule has 8 heteroatoms. The molecule has 110 valence electrons. The molecule has 0 bridgehead atoms. The van der Waals surface area contributed by atoms with Gasteiger partial charge in [-0.15, -0.1) is 0 Å². The molecule has 0 fully saturated rings. The predicted molar refractivity (Wildman–Crippen MR) is 78.7 cm³/mol. The zero-order valence-electron chi connectivity index (χ0n) is 10.7. The Bertz CT molecular complexity index is 719. The van der Waals surface area contributed by atoms with E-state index in [1.165, 1.54) is 30.3 Å². The van der Waals surface area contributed by atoms with Crippen LogP contribution < -0.4 is 16.2 Å². The Hall–Kier alpha value is -2.61. The summed E-state index contributed by atoms with van der Waals surface area (Å²) in [5.74, 6) is -1.74. The third kappa shape index (κ3) is 3.11. The van der Waals surface area contributed by atoms with Gasteiger partial charge in [-0.3, -0.25) is 0 Å². The van der Waals surface area contributed by atoms with Gasteiger partial charge < -0.3 is 21.3 Å². The summed E-state index contributed by atoms with van der Waals surface area (Å²) in [6, 6.07) is 8.01. The minimum Gasteiger partial charge on any atom is -0.478 e. The SMILES string of the molecule is Nc1c(F)ccc(S(=O)Nc2ccc(C(=O)O)cc2)c1N. The van der Waals surface area contributed by atoms with Gasteiger partial charge in [0.05, 0.1) is 21.8 Å². The highest BCUT2D eigenvalue weighted by Crippen LogP contribution is 2.26. The van der Waals surface area contributed by atoms with E-state index in [-0.39, 0.29) is 21.8 Å². The van der Waals surface area contributed by atoms with Crippen LogP contribution in [0.4, 0.5) is 21.5 Å². The van der Waals surface area contributed by atoms with Crippen molar-refractivity contribution in [2.45, 2.75) is 4.90 Å². The number of nitrogen functional groups attached to an aromatic ring is 2. The number of carbonyl (C=O) groups is 1. The second kappa shape index (κ2) is 5.80. The van der Waals surface area contributed by atoms with Crippen LogP contribution in [-0.4, -0.2) is 15.3 Å². The Morgan fingerprint density at radius 1 is 1.10 bits per heavy atom. The van der Waals surface area contributed by atoms with E-state index >= 15 is 0 Å². The van der Waals surface area contributed by atoms with Crippen LogP contribution in [0.5, 0.6) is 0 Å². The molecule has 0 saturated carbocycles. The summed E-state index contributed by atoms with van der Waals surface area (Å²) < 4.78 is 28.0. The number of carboxylic acids is 1. The van der Waals surface area contributed by atoms with E-state index in [2.05, 4.69) is 4.72 Å². The van der Waals surface area contributed by atoms with Gasteiger partial charge in [0.25, 0.3) is 0 Å². The monoisotopic (exact) mass is 309 g/mol. The van der Waals surface area contributed by atoms with Gasteiger partial charge in [-0.25, -0.2) is 13.4 Å². The fraction of sp³-hybridized carbons (Fsp3) is 0. The smallest absolute Gasteiger partial charge is 0.335 e. The molecule has 21 heavy (non-hydrogen) atoms. The Morgan fingerprint density at radius 2 is 1.71 bits per heavy atom. The van der Waals surface area contributed by atoms with Gasteiger partial charge in [-0.05, 0) is 36.4 Å². The number of hydrogen-bond acceptors (Lipinski definition) is 4. The molecule has 0 spiro atoms. The van der Waals surface area contributed by atoms with E-state index in [9.17, 15) is 13.4 Å². The summed E-state index contributed by atoms with van der Waals surface area (Å²) in [4.78, 5) is 10.9. The maximum atomic E-state index is 13.2. The summed E-state index contributed by atoms with van der Waals surface area (Å²) in [5.41, 5.74) is 11.3. The van der Waals surface area contributed by atoms with Crippen LogP contribution in [0.25, 0.3) is 0 Å². The Labute approximate surface area is 122 Å². The first kappa shape index (κ1) is 14.8. The van der Waals surface area contributed by atoms with Crippen LogP contribution >= 0.6 is 0 Å². The van der Waals surface area contributed by atoms with E-state index in [0.717, 1.165) is 6.07 Å². The molecule has 1 unspecified atom stereocenters. The number of aromatic carboxylic acids is 1. The van der Waals surface area contributed by atoms with Crippen molar-refractivity contribution in [2.75, 3.05) is 16.2 Å². The fourth-order valence-corrected chi connectivity index (χ4v) is 2.56. The molecular weight excluding hydrogens is 297 g/mol. The van der Waals surface area contributed by atoms with Gasteiger partial charge in [0.1, 0.15) is 5.82 Å². The highest BCUT2D eigenvalue weighted by molar-refractivity contribution is 7.86. The van der Waals surface area contributed by atoms with E-state index in [1.807, 2.05) is 0 Å². The first-order chi connectivity index (χ1) is 9.90. The second-order valence-electron chi connectivity index (χ2n) is 4.13. The van der Waals surface area contributed by atoms with Crippen molar-refractivity contribution in [3.8, 4) is 0 Å². The van der Waals surface area contributed by atoms with Crippen molar-refractivity contribution in [1.82, 2.24) is 0 Å². The standard InChI is InChI=1S/C13H12FN3O3S/c14-9-5-6-10(12(16)11(9)15)21(20)17-8-3-1-7(2-4-8)13(18)19/h1-6,17H,15-16H2,(H,18,19). The van der Waals surface area contributed by atoms with Crippen LogP contribution in [0.3, 0.4) is 0 Å². The quantitative estimate of drug-likeness (QED) is 0.642. The number of anilines is 3. The van der Waals surface area contributed by atoms with Gasteiger partial charge in [0.2, 0.25) is 0 Å². The van der Waals surface area contributed by atoms with Gasteiger partial charge in [-0.1, -0.05) is 0 Å². The predicted octanol–water partition coefficient (Wildman–Crippen LogP) is 1.82. The van der Waals surface area contributed by atoms with Crippen molar-refractivity contribution in [3.63, 3.8) is 0 Å². The number of nitrogens with two attached hydrogens (primary N) is 2. The third-order valence-corrected chi connectivity index (χ3v) is 3.91.